The Morgan fingerprint density at radius 1 is 1.57 bits per heavy atom. The zero-order valence-corrected chi connectivity index (χ0v) is 13.1. The largest absolute Gasteiger partial charge is 0.434 e. The second-order valence-corrected chi connectivity index (χ2v) is 6.90. The highest BCUT2D eigenvalue weighted by molar-refractivity contribution is 7.99. The first-order chi connectivity index (χ1) is 9.86. The lowest BCUT2D eigenvalue weighted by molar-refractivity contribution is -0.140. The Balaban J connectivity index is 1.86. The predicted molar refractivity (Wildman–Crippen MR) is 77.3 cm³/mol. The summed E-state index contributed by atoms with van der Waals surface area (Å²) in [6.45, 7) is 0.993. The molecule has 1 aromatic rings. The van der Waals surface area contributed by atoms with Gasteiger partial charge in [-0.1, -0.05) is 0 Å². The molecule has 0 bridgehead atoms. The summed E-state index contributed by atoms with van der Waals surface area (Å²) >= 11 is 2.72. The number of aromatic nitrogens is 1. The quantitative estimate of drug-likeness (QED) is 0.914. The van der Waals surface area contributed by atoms with E-state index in [4.69, 9.17) is 0 Å². The molecule has 1 saturated heterocycles. The summed E-state index contributed by atoms with van der Waals surface area (Å²) in [6.07, 6.45) is -4.07. The third kappa shape index (κ3) is 4.86. The van der Waals surface area contributed by atoms with Gasteiger partial charge in [0.2, 0.25) is 5.91 Å². The number of thiazole rings is 1. The number of carbonyl (C=O) groups excluding carboxylic acids is 1. The predicted octanol–water partition coefficient (Wildman–Crippen LogP) is 2.22. The number of nitrogens with zero attached hydrogens (tertiary/aromatic N) is 2. The summed E-state index contributed by atoms with van der Waals surface area (Å²) in [5, 5.41) is 4.54. The molecule has 0 saturated carbocycles. The molecule has 1 aliphatic rings. The standard InChI is InChI=1S/C12H16F3N3OS2/c1-18(11(19)4-8-6-20-3-2-16-8)5-10-17-9(7-21-10)12(13,14)15/h7-8,16H,2-6H2,1H3. The lowest BCUT2D eigenvalue weighted by Crippen LogP contribution is -2.41. The molecule has 0 aromatic carbocycles. The monoisotopic (exact) mass is 339 g/mol. The average molecular weight is 339 g/mol. The van der Waals surface area contributed by atoms with Gasteiger partial charge >= 0.3 is 6.18 Å². The summed E-state index contributed by atoms with van der Waals surface area (Å²) in [7, 11) is 1.59. The number of thioether (sulfide) groups is 1. The summed E-state index contributed by atoms with van der Waals surface area (Å²) < 4.78 is 37.4. The first-order valence-electron chi connectivity index (χ1n) is 6.43. The second kappa shape index (κ2) is 6.97. The third-order valence-corrected chi connectivity index (χ3v) is 5.02. The topological polar surface area (TPSA) is 45.2 Å². The summed E-state index contributed by atoms with van der Waals surface area (Å²) in [5.74, 6) is 1.84. The SMILES string of the molecule is CN(Cc1nc(C(F)(F)F)cs1)C(=O)CC1CSCCN1. The Morgan fingerprint density at radius 2 is 2.33 bits per heavy atom. The number of carbonyl (C=O) groups is 1. The zero-order chi connectivity index (χ0) is 15.5. The number of hydrogen-bond donors (Lipinski definition) is 1. The van der Waals surface area contributed by atoms with Gasteiger partial charge in [0.05, 0.1) is 6.54 Å². The molecule has 2 heterocycles. The highest BCUT2D eigenvalue weighted by Gasteiger charge is 2.33. The first-order valence-corrected chi connectivity index (χ1v) is 8.46. The lowest BCUT2D eigenvalue weighted by Gasteiger charge is -2.25. The average Bonchev–Trinajstić information content (AvgIpc) is 2.88. The van der Waals surface area contributed by atoms with Gasteiger partial charge in [0.15, 0.2) is 5.69 Å². The molecule has 2 rings (SSSR count). The number of nitrogens with one attached hydrogen (secondary N) is 1. The number of hydrogen-bond acceptors (Lipinski definition) is 5. The Morgan fingerprint density at radius 3 is 2.90 bits per heavy atom. The van der Waals surface area contributed by atoms with E-state index in [1.807, 2.05) is 0 Å². The van der Waals surface area contributed by atoms with Gasteiger partial charge in [-0.25, -0.2) is 4.98 Å². The van der Waals surface area contributed by atoms with E-state index in [1.165, 1.54) is 4.90 Å². The van der Waals surface area contributed by atoms with Crippen LogP contribution in [0.3, 0.4) is 0 Å². The fraction of sp³-hybridized carbons (Fsp3) is 0.667. The van der Waals surface area contributed by atoms with Crippen molar-refractivity contribution >= 4 is 29.0 Å². The van der Waals surface area contributed by atoms with Crippen molar-refractivity contribution in [3.63, 3.8) is 0 Å². The lowest BCUT2D eigenvalue weighted by atomic mass is 10.2. The normalized spacial score (nSPS) is 19.5. The molecule has 1 atom stereocenters. The van der Waals surface area contributed by atoms with E-state index in [-0.39, 0.29) is 18.5 Å². The molecule has 0 radical (unpaired) electrons. The van der Waals surface area contributed by atoms with Gasteiger partial charge in [0.1, 0.15) is 5.01 Å². The molecule has 1 aromatic heterocycles. The Hall–Kier alpha value is -0.800. The molecule has 0 spiro atoms. The fourth-order valence-corrected chi connectivity index (χ4v) is 3.72. The van der Waals surface area contributed by atoms with Gasteiger partial charge in [-0.15, -0.1) is 11.3 Å². The van der Waals surface area contributed by atoms with Crippen LogP contribution in [0.4, 0.5) is 13.2 Å². The molecule has 0 aliphatic carbocycles. The van der Waals surface area contributed by atoms with Crippen molar-refractivity contribution in [3.05, 3.63) is 16.1 Å². The van der Waals surface area contributed by atoms with E-state index in [0.717, 1.165) is 34.8 Å². The maximum Gasteiger partial charge on any atom is 0.434 e. The first kappa shape index (κ1) is 16.6. The van der Waals surface area contributed by atoms with Crippen LogP contribution in [0, 0.1) is 0 Å². The zero-order valence-electron chi connectivity index (χ0n) is 11.4. The number of alkyl halides is 3. The van der Waals surface area contributed by atoms with Gasteiger partial charge in [0.25, 0.3) is 0 Å². The van der Waals surface area contributed by atoms with Crippen molar-refractivity contribution in [2.75, 3.05) is 25.1 Å². The van der Waals surface area contributed by atoms with Crippen LogP contribution in [-0.4, -0.2) is 46.9 Å². The Kier molecular flexibility index (Phi) is 5.50. The van der Waals surface area contributed by atoms with Crippen molar-refractivity contribution in [1.29, 1.82) is 0 Å². The van der Waals surface area contributed by atoms with Crippen molar-refractivity contribution in [3.8, 4) is 0 Å². The van der Waals surface area contributed by atoms with E-state index in [0.29, 0.717) is 11.4 Å². The maximum atomic E-state index is 12.5. The molecular weight excluding hydrogens is 323 g/mol. The number of amides is 1. The maximum absolute atomic E-state index is 12.5. The van der Waals surface area contributed by atoms with E-state index in [1.54, 1.807) is 18.8 Å². The van der Waals surface area contributed by atoms with Gasteiger partial charge in [0, 0.05) is 42.9 Å². The molecule has 1 unspecified atom stereocenters. The van der Waals surface area contributed by atoms with Crippen LogP contribution in [-0.2, 0) is 17.5 Å². The van der Waals surface area contributed by atoms with Crippen LogP contribution in [0.15, 0.2) is 5.38 Å². The second-order valence-electron chi connectivity index (χ2n) is 4.80. The van der Waals surface area contributed by atoms with Crippen LogP contribution in [0.5, 0.6) is 0 Å². The Bertz CT molecular complexity index is 486. The fourth-order valence-electron chi connectivity index (χ4n) is 1.92. The molecule has 1 fully saturated rings. The molecule has 4 nitrogen and oxygen atoms in total. The minimum absolute atomic E-state index is 0.0845. The molecule has 1 N–H and O–H groups in total. The van der Waals surface area contributed by atoms with E-state index in [9.17, 15) is 18.0 Å². The molecular formula is C12H16F3N3OS2. The molecule has 1 amide bonds. The molecule has 1 aliphatic heterocycles. The third-order valence-electron chi connectivity index (χ3n) is 3.06. The van der Waals surface area contributed by atoms with Crippen LogP contribution < -0.4 is 5.32 Å². The molecule has 21 heavy (non-hydrogen) atoms. The van der Waals surface area contributed by atoms with E-state index < -0.39 is 11.9 Å². The van der Waals surface area contributed by atoms with E-state index in [2.05, 4.69) is 10.3 Å². The minimum atomic E-state index is -4.43. The van der Waals surface area contributed by atoms with Crippen molar-refractivity contribution in [1.82, 2.24) is 15.2 Å². The number of rotatable bonds is 4. The highest BCUT2D eigenvalue weighted by Crippen LogP contribution is 2.30. The summed E-state index contributed by atoms with van der Waals surface area (Å²) in [5.41, 5.74) is -0.895. The van der Waals surface area contributed by atoms with Crippen LogP contribution in [0.1, 0.15) is 17.1 Å². The van der Waals surface area contributed by atoms with Gasteiger partial charge < -0.3 is 10.2 Å². The summed E-state index contributed by atoms with van der Waals surface area (Å²) in [4.78, 5) is 17.0. The van der Waals surface area contributed by atoms with Crippen LogP contribution in [0.2, 0.25) is 0 Å². The smallest absolute Gasteiger partial charge is 0.339 e. The van der Waals surface area contributed by atoms with Crippen LogP contribution in [0.25, 0.3) is 0 Å². The number of halogens is 3. The minimum Gasteiger partial charge on any atom is -0.339 e. The Labute approximate surface area is 129 Å². The van der Waals surface area contributed by atoms with Crippen molar-refractivity contribution in [2.24, 2.45) is 0 Å². The summed E-state index contributed by atoms with van der Waals surface area (Å²) in [6, 6.07) is 0.140. The van der Waals surface area contributed by atoms with Gasteiger partial charge in [-0.2, -0.15) is 24.9 Å². The van der Waals surface area contributed by atoms with Crippen LogP contribution >= 0.6 is 23.1 Å². The van der Waals surface area contributed by atoms with Gasteiger partial charge in [-0.05, 0) is 0 Å². The van der Waals surface area contributed by atoms with Crippen molar-refractivity contribution < 1.29 is 18.0 Å². The van der Waals surface area contributed by atoms with Gasteiger partial charge in [-0.3, -0.25) is 4.79 Å². The highest BCUT2D eigenvalue weighted by atomic mass is 32.2. The molecule has 118 valence electrons. The molecule has 9 heteroatoms. The van der Waals surface area contributed by atoms with Crippen molar-refractivity contribution in [2.45, 2.75) is 25.2 Å². The van der Waals surface area contributed by atoms with E-state index >= 15 is 0 Å².